The summed E-state index contributed by atoms with van der Waals surface area (Å²) in [6.07, 6.45) is 0.897. The van der Waals surface area contributed by atoms with E-state index in [0.717, 1.165) is 30.0 Å². The minimum Gasteiger partial charge on any atom is -0.369 e. The number of alkyl halides is 3. The Morgan fingerprint density at radius 2 is 1.79 bits per heavy atom. The quantitative estimate of drug-likeness (QED) is 0.767. The number of hydrogen-bond donors (Lipinski definition) is 2. The molecule has 0 unspecified atom stereocenters. The summed E-state index contributed by atoms with van der Waals surface area (Å²) in [6.45, 7) is 0. The van der Waals surface area contributed by atoms with E-state index < -0.39 is 17.5 Å². The van der Waals surface area contributed by atoms with Gasteiger partial charge in [-0.15, -0.1) is 0 Å². The summed E-state index contributed by atoms with van der Waals surface area (Å²) in [4.78, 5) is 10.4. The van der Waals surface area contributed by atoms with Crippen LogP contribution in [0.5, 0.6) is 0 Å². The Labute approximate surface area is 169 Å². The Balaban J connectivity index is 1.88. The number of guanidine groups is 2. The maximum Gasteiger partial charge on any atom is 0.435 e. The lowest BCUT2D eigenvalue weighted by molar-refractivity contribution is -0.141. The number of halogens is 4. The predicted octanol–water partition coefficient (Wildman–Crippen LogP) is 3.65. The van der Waals surface area contributed by atoms with Gasteiger partial charge in [-0.05, 0) is 43.9 Å². The smallest absolute Gasteiger partial charge is 0.369 e. The highest BCUT2D eigenvalue weighted by molar-refractivity contribution is 6.33. The van der Waals surface area contributed by atoms with Gasteiger partial charge in [0.25, 0.3) is 0 Å². The van der Waals surface area contributed by atoms with Gasteiger partial charge >= 0.3 is 6.18 Å². The van der Waals surface area contributed by atoms with Crippen molar-refractivity contribution < 1.29 is 13.2 Å². The molecular formula is C18H19ClF3N7. The molecule has 7 nitrogen and oxygen atoms in total. The van der Waals surface area contributed by atoms with Crippen molar-refractivity contribution in [1.82, 2.24) is 9.78 Å². The van der Waals surface area contributed by atoms with E-state index in [4.69, 9.17) is 23.1 Å². The van der Waals surface area contributed by atoms with Crippen molar-refractivity contribution in [1.29, 1.82) is 0 Å². The standard InChI is InChI=1S/C18H19ClF3N7/c19-11-5-4-6-12(14(11)28-10-7-13(27-28)18(20,21)22)29-16(24)25-15(23)26-17(29)8-2-1-3-9-17/h4-7,10H,1-3,8-9H2,(H4,23,24,25,26). The summed E-state index contributed by atoms with van der Waals surface area (Å²) in [6, 6.07) is 5.89. The molecule has 0 atom stereocenters. The minimum absolute atomic E-state index is 0.0858. The summed E-state index contributed by atoms with van der Waals surface area (Å²) in [5.74, 6) is 0.203. The number of hydrogen-bond acceptors (Lipinski definition) is 6. The Kier molecular flexibility index (Phi) is 4.68. The van der Waals surface area contributed by atoms with E-state index in [-0.39, 0.29) is 22.6 Å². The van der Waals surface area contributed by atoms with Gasteiger partial charge in [0.1, 0.15) is 11.4 Å². The molecule has 0 amide bonds. The molecule has 29 heavy (non-hydrogen) atoms. The highest BCUT2D eigenvalue weighted by atomic mass is 35.5. The van der Waals surface area contributed by atoms with Crippen molar-refractivity contribution in [3.05, 3.63) is 41.2 Å². The molecule has 1 aromatic heterocycles. The number of aliphatic imine (C=N–C) groups is 2. The van der Waals surface area contributed by atoms with E-state index >= 15 is 0 Å². The largest absolute Gasteiger partial charge is 0.435 e. The van der Waals surface area contributed by atoms with Gasteiger partial charge in [-0.2, -0.15) is 23.3 Å². The second kappa shape index (κ2) is 6.94. The number of rotatable bonds is 2. The number of aromatic nitrogens is 2. The summed E-state index contributed by atoms with van der Waals surface area (Å²) < 4.78 is 40.3. The first-order valence-corrected chi connectivity index (χ1v) is 9.51. The molecule has 0 radical (unpaired) electrons. The number of nitrogens with zero attached hydrogens (tertiary/aromatic N) is 5. The third-order valence-corrected chi connectivity index (χ3v) is 5.47. The Morgan fingerprint density at radius 3 is 2.45 bits per heavy atom. The molecule has 11 heteroatoms. The fraction of sp³-hybridized carbons (Fsp3) is 0.389. The van der Waals surface area contributed by atoms with Crippen LogP contribution in [0, 0.1) is 0 Å². The lowest BCUT2D eigenvalue weighted by atomic mass is 9.87. The molecule has 1 spiro atoms. The van der Waals surface area contributed by atoms with E-state index in [1.54, 1.807) is 23.1 Å². The molecule has 2 aromatic rings. The molecule has 1 aliphatic carbocycles. The molecule has 1 saturated carbocycles. The highest BCUT2D eigenvalue weighted by Gasteiger charge is 2.44. The number of anilines is 1. The van der Waals surface area contributed by atoms with Crippen LogP contribution >= 0.6 is 11.6 Å². The zero-order valence-electron chi connectivity index (χ0n) is 15.3. The van der Waals surface area contributed by atoms with Crippen LogP contribution in [0.1, 0.15) is 37.8 Å². The maximum absolute atomic E-state index is 13.1. The van der Waals surface area contributed by atoms with Gasteiger partial charge in [-0.3, -0.25) is 4.90 Å². The number of benzene rings is 1. The molecule has 2 aliphatic rings. The number of nitrogens with two attached hydrogens (primary N) is 2. The Hall–Kier alpha value is -2.75. The molecular weight excluding hydrogens is 407 g/mol. The number of para-hydroxylation sites is 1. The first-order chi connectivity index (χ1) is 13.7. The zero-order valence-corrected chi connectivity index (χ0v) is 16.1. The normalized spacial score (nSPS) is 19.2. The first-order valence-electron chi connectivity index (χ1n) is 9.13. The molecule has 0 saturated heterocycles. The lowest BCUT2D eigenvalue weighted by Crippen LogP contribution is -2.58. The van der Waals surface area contributed by atoms with Crippen molar-refractivity contribution in [3.8, 4) is 5.69 Å². The molecule has 1 aliphatic heterocycles. The van der Waals surface area contributed by atoms with E-state index in [1.807, 2.05) is 0 Å². The van der Waals surface area contributed by atoms with Crippen molar-refractivity contribution >= 4 is 29.2 Å². The average Bonchev–Trinajstić information content (AvgIpc) is 3.12. The fourth-order valence-electron chi connectivity index (χ4n) is 3.98. The third kappa shape index (κ3) is 3.41. The van der Waals surface area contributed by atoms with Crippen LogP contribution < -0.4 is 16.4 Å². The molecule has 1 fully saturated rings. The fourth-order valence-corrected chi connectivity index (χ4v) is 4.24. The van der Waals surface area contributed by atoms with Gasteiger partial charge in [-0.25, -0.2) is 9.67 Å². The third-order valence-electron chi connectivity index (χ3n) is 5.17. The Morgan fingerprint density at radius 1 is 1.07 bits per heavy atom. The average molecular weight is 426 g/mol. The van der Waals surface area contributed by atoms with Crippen molar-refractivity contribution in [2.75, 3.05) is 4.90 Å². The summed E-state index contributed by atoms with van der Waals surface area (Å²) >= 11 is 6.40. The van der Waals surface area contributed by atoms with Gasteiger partial charge in [0.05, 0.1) is 10.7 Å². The van der Waals surface area contributed by atoms with E-state index in [9.17, 15) is 13.2 Å². The van der Waals surface area contributed by atoms with E-state index in [1.165, 1.54) is 6.20 Å². The van der Waals surface area contributed by atoms with Crippen molar-refractivity contribution in [3.63, 3.8) is 0 Å². The predicted molar refractivity (Wildman–Crippen MR) is 105 cm³/mol. The summed E-state index contributed by atoms with van der Waals surface area (Å²) in [5, 5.41) is 3.90. The van der Waals surface area contributed by atoms with Crippen LogP contribution in [0.2, 0.25) is 5.02 Å². The molecule has 4 N–H and O–H groups in total. The summed E-state index contributed by atoms with van der Waals surface area (Å²) in [7, 11) is 0. The van der Waals surface area contributed by atoms with E-state index in [2.05, 4.69) is 15.1 Å². The van der Waals surface area contributed by atoms with Gasteiger partial charge in [0.15, 0.2) is 5.69 Å². The molecule has 1 aromatic carbocycles. The Bertz CT molecular complexity index is 990. The van der Waals surface area contributed by atoms with Crippen LogP contribution in [0.15, 0.2) is 40.4 Å². The van der Waals surface area contributed by atoms with Crippen molar-refractivity contribution in [2.24, 2.45) is 21.5 Å². The molecule has 2 heterocycles. The van der Waals surface area contributed by atoms with Gasteiger partial charge in [0.2, 0.25) is 11.9 Å². The zero-order chi connectivity index (χ0) is 20.8. The SMILES string of the molecule is NC1=NC2(CCCCC2)N(c2cccc(Cl)c2-n2ccc(C(F)(F)F)n2)C(N)=N1. The first kappa shape index (κ1) is 19.6. The van der Waals surface area contributed by atoms with Crippen LogP contribution in [0.4, 0.5) is 18.9 Å². The minimum atomic E-state index is -4.57. The second-order valence-electron chi connectivity index (χ2n) is 7.07. The highest BCUT2D eigenvalue weighted by Crippen LogP contribution is 2.43. The van der Waals surface area contributed by atoms with Crippen LogP contribution in [0.3, 0.4) is 0 Å². The topological polar surface area (TPSA) is 97.8 Å². The van der Waals surface area contributed by atoms with Crippen molar-refractivity contribution in [2.45, 2.75) is 43.9 Å². The molecule has 0 bridgehead atoms. The summed E-state index contributed by atoms with van der Waals surface area (Å²) in [5.41, 5.74) is 11.1. The van der Waals surface area contributed by atoms with Gasteiger partial charge in [0, 0.05) is 6.20 Å². The van der Waals surface area contributed by atoms with Crippen LogP contribution in [0.25, 0.3) is 5.69 Å². The van der Waals surface area contributed by atoms with E-state index in [0.29, 0.717) is 18.5 Å². The maximum atomic E-state index is 13.1. The van der Waals surface area contributed by atoms with Crippen LogP contribution in [-0.4, -0.2) is 27.4 Å². The molecule has 154 valence electrons. The van der Waals surface area contributed by atoms with Gasteiger partial charge < -0.3 is 11.5 Å². The second-order valence-corrected chi connectivity index (χ2v) is 7.48. The van der Waals surface area contributed by atoms with Gasteiger partial charge in [-0.1, -0.05) is 24.1 Å². The molecule has 4 rings (SSSR count). The lowest BCUT2D eigenvalue weighted by Gasteiger charge is -2.46. The monoisotopic (exact) mass is 425 g/mol. The van der Waals surface area contributed by atoms with Crippen LogP contribution in [-0.2, 0) is 6.18 Å².